The minimum Gasteiger partial charge on any atom is -0.383 e. The van der Waals surface area contributed by atoms with Crippen LogP contribution in [-0.2, 0) is 17.6 Å². The van der Waals surface area contributed by atoms with E-state index < -0.39 is 0 Å². The first-order valence-electron chi connectivity index (χ1n) is 7.59. The van der Waals surface area contributed by atoms with Gasteiger partial charge in [-0.3, -0.25) is 0 Å². The van der Waals surface area contributed by atoms with Crippen LogP contribution in [0.4, 0.5) is 5.13 Å². The highest BCUT2D eigenvalue weighted by Crippen LogP contribution is 2.29. The van der Waals surface area contributed by atoms with Crippen molar-refractivity contribution in [2.24, 2.45) is 0 Å². The second-order valence-corrected chi connectivity index (χ2v) is 6.59. The van der Waals surface area contributed by atoms with Crippen molar-refractivity contribution in [2.45, 2.75) is 38.6 Å². The fourth-order valence-corrected chi connectivity index (χ4v) is 3.70. The number of ether oxygens (including phenoxy) is 1. The smallest absolute Gasteiger partial charge is 0.183 e. The quantitative estimate of drug-likeness (QED) is 0.901. The molecule has 0 amide bonds. The van der Waals surface area contributed by atoms with E-state index in [0.717, 1.165) is 10.8 Å². The molecule has 1 aromatic heterocycles. The van der Waals surface area contributed by atoms with Gasteiger partial charge in [-0.25, -0.2) is 4.98 Å². The van der Waals surface area contributed by atoms with Gasteiger partial charge in [0.25, 0.3) is 0 Å². The number of nitrogens with one attached hydrogen (secondary N) is 1. The minimum absolute atomic E-state index is 0.275. The van der Waals surface area contributed by atoms with Gasteiger partial charge in [-0.15, -0.1) is 11.3 Å². The lowest BCUT2D eigenvalue weighted by Crippen LogP contribution is -2.20. The Morgan fingerprint density at radius 3 is 2.90 bits per heavy atom. The SMILES string of the molecule is COC[C@H](C)Nc1nc(-c2ccc3c(c2)CCCC3)cs1. The molecular formula is C17H22N2OS. The topological polar surface area (TPSA) is 34.1 Å². The van der Waals surface area contributed by atoms with Crippen LogP contribution in [0.15, 0.2) is 23.6 Å². The molecule has 0 saturated heterocycles. The Hall–Kier alpha value is -1.39. The molecule has 0 saturated carbocycles. The zero-order valence-corrected chi connectivity index (χ0v) is 13.5. The maximum absolute atomic E-state index is 5.14. The molecule has 112 valence electrons. The van der Waals surface area contributed by atoms with E-state index in [1.54, 1.807) is 18.4 Å². The average molecular weight is 302 g/mol. The Bertz CT molecular complexity index is 609. The van der Waals surface area contributed by atoms with Gasteiger partial charge in [0.2, 0.25) is 0 Å². The molecule has 1 N–H and O–H groups in total. The fourth-order valence-electron chi connectivity index (χ4n) is 2.87. The summed E-state index contributed by atoms with van der Waals surface area (Å²) in [5.74, 6) is 0. The van der Waals surface area contributed by atoms with E-state index in [0.29, 0.717) is 6.61 Å². The van der Waals surface area contributed by atoms with Crippen LogP contribution < -0.4 is 5.32 Å². The van der Waals surface area contributed by atoms with Gasteiger partial charge in [0.1, 0.15) is 0 Å². The Kier molecular flexibility index (Phi) is 4.56. The molecule has 0 fully saturated rings. The summed E-state index contributed by atoms with van der Waals surface area (Å²) in [4.78, 5) is 4.70. The molecule has 1 atom stereocenters. The fraction of sp³-hybridized carbons (Fsp3) is 0.471. The zero-order valence-electron chi connectivity index (χ0n) is 12.7. The van der Waals surface area contributed by atoms with Crippen LogP contribution in [-0.4, -0.2) is 24.7 Å². The number of anilines is 1. The minimum atomic E-state index is 0.275. The van der Waals surface area contributed by atoms with Crippen LogP contribution in [0.3, 0.4) is 0 Å². The van der Waals surface area contributed by atoms with Crippen LogP contribution in [0.1, 0.15) is 30.9 Å². The van der Waals surface area contributed by atoms with E-state index in [9.17, 15) is 0 Å². The van der Waals surface area contributed by atoms with E-state index in [2.05, 4.69) is 35.8 Å². The molecule has 1 aliphatic rings. The van der Waals surface area contributed by atoms with Crippen molar-refractivity contribution in [1.29, 1.82) is 0 Å². The Morgan fingerprint density at radius 1 is 1.29 bits per heavy atom. The van der Waals surface area contributed by atoms with Crippen molar-refractivity contribution in [1.82, 2.24) is 4.98 Å². The lowest BCUT2D eigenvalue weighted by Gasteiger charge is -2.16. The number of rotatable bonds is 5. The first-order chi connectivity index (χ1) is 10.3. The first-order valence-corrected chi connectivity index (χ1v) is 8.47. The van der Waals surface area contributed by atoms with Crippen molar-refractivity contribution < 1.29 is 4.74 Å². The number of hydrogen-bond acceptors (Lipinski definition) is 4. The van der Waals surface area contributed by atoms with Crippen LogP contribution in [0.25, 0.3) is 11.3 Å². The summed E-state index contributed by atoms with van der Waals surface area (Å²) in [6.07, 6.45) is 5.08. The van der Waals surface area contributed by atoms with Crippen molar-refractivity contribution in [3.63, 3.8) is 0 Å². The van der Waals surface area contributed by atoms with Gasteiger partial charge in [-0.05, 0) is 49.8 Å². The lowest BCUT2D eigenvalue weighted by atomic mass is 9.90. The van der Waals surface area contributed by atoms with Crippen LogP contribution in [0.5, 0.6) is 0 Å². The summed E-state index contributed by atoms with van der Waals surface area (Å²) < 4.78 is 5.14. The van der Waals surface area contributed by atoms with E-state index in [1.165, 1.54) is 42.4 Å². The van der Waals surface area contributed by atoms with Crippen molar-refractivity contribution in [3.8, 4) is 11.3 Å². The normalized spacial score (nSPS) is 15.5. The number of nitrogens with zero attached hydrogens (tertiary/aromatic N) is 1. The molecule has 1 heterocycles. The third-order valence-electron chi connectivity index (χ3n) is 3.93. The number of fused-ring (bicyclic) bond motifs is 1. The molecule has 21 heavy (non-hydrogen) atoms. The molecule has 0 bridgehead atoms. The maximum atomic E-state index is 5.14. The summed E-state index contributed by atoms with van der Waals surface area (Å²) in [5, 5.41) is 6.47. The molecule has 3 rings (SSSR count). The molecule has 1 aromatic carbocycles. The van der Waals surface area contributed by atoms with Crippen LogP contribution >= 0.6 is 11.3 Å². The van der Waals surface area contributed by atoms with Gasteiger partial charge in [0.05, 0.1) is 12.3 Å². The van der Waals surface area contributed by atoms with E-state index in [1.807, 2.05) is 0 Å². The molecule has 1 aliphatic carbocycles. The molecule has 0 aliphatic heterocycles. The van der Waals surface area contributed by atoms with Crippen molar-refractivity contribution in [3.05, 3.63) is 34.7 Å². The third-order valence-corrected chi connectivity index (χ3v) is 4.71. The average Bonchev–Trinajstić information content (AvgIpc) is 2.95. The summed E-state index contributed by atoms with van der Waals surface area (Å²) >= 11 is 1.66. The molecular weight excluding hydrogens is 280 g/mol. The predicted molar refractivity (Wildman–Crippen MR) is 89.2 cm³/mol. The molecule has 0 unspecified atom stereocenters. The zero-order chi connectivity index (χ0) is 14.7. The number of aromatic nitrogens is 1. The summed E-state index contributed by atoms with van der Waals surface area (Å²) in [6, 6.07) is 7.09. The number of thiazole rings is 1. The highest BCUT2D eigenvalue weighted by Gasteiger charge is 2.12. The molecule has 0 spiro atoms. The van der Waals surface area contributed by atoms with E-state index in [4.69, 9.17) is 9.72 Å². The van der Waals surface area contributed by atoms with Crippen LogP contribution in [0.2, 0.25) is 0 Å². The van der Waals surface area contributed by atoms with Gasteiger partial charge in [-0.2, -0.15) is 0 Å². The molecule has 2 aromatic rings. The highest BCUT2D eigenvalue weighted by atomic mass is 32.1. The van der Waals surface area contributed by atoms with Gasteiger partial charge in [0, 0.05) is 24.1 Å². The van der Waals surface area contributed by atoms with Gasteiger partial charge < -0.3 is 10.1 Å². The molecule has 3 nitrogen and oxygen atoms in total. The predicted octanol–water partition coefficient (Wildman–Crippen LogP) is 4.14. The lowest BCUT2D eigenvalue weighted by molar-refractivity contribution is 0.190. The number of methoxy groups -OCH3 is 1. The van der Waals surface area contributed by atoms with Gasteiger partial charge >= 0.3 is 0 Å². The van der Waals surface area contributed by atoms with E-state index >= 15 is 0 Å². The Morgan fingerprint density at radius 2 is 2.10 bits per heavy atom. The molecule has 4 heteroatoms. The summed E-state index contributed by atoms with van der Waals surface area (Å²) in [6.45, 7) is 2.79. The maximum Gasteiger partial charge on any atom is 0.183 e. The largest absolute Gasteiger partial charge is 0.383 e. The van der Waals surface area contributed by atoms with Gasteiger partial charge in [0.15, 0.2) is 5.13 Å². The molecule has 0 radical (unpaired) electrons. The summed E-state index contributed by atoms with van der Waals surface area (Å²) in [7, 11) is 1.72. The van der Waals surface area contributed by atoms with Crippen LogP contribution in [0, 0.1) is 0 Å². The number of hydrogen-bond donors (Lipinski definition) is 1. The van der Waals surface area contributed by atoms with E-state index in [-0.39, 0.29) is 6.04 Å². The monoisotopic (exact) mass is 302 g/mol. The Labute approximate surface area is 130 Å². The number of aryl methyl sites for hydroxylation is 2. The second-order valence-electron chi connectivity index (χ2n) is 5.73. The Balaban J connectivity index is 1.76. The summed E-state index contributed by atoms with van der Waals surface area (Å²) in [5.41, 5.74) is 5.33. The highest BCUT2D eigenvalue weighted by molar-refractivity contribution is 7.14. The third kappa shape index (κ3) is 3.44. The van der Waals surface area contributed by atoms with Gasteiger partial charge in [-0.1, -0.05) is 12.1 Å². The van der Waals surface area contributed by atoms with Crippen molar-refractivity contribution >= 4 is 16.5 Å². The number of benzene rings is 1. The second kappa shape index (κ2) is 6.58. The standard InChI is InChI=1S/C17H22N2OS/c1-12(10-20-2)18-17-19-16(11-21-17)15-8-7-13-5-3-4-6-14(13)9-15/h7-9,11-12H,3-6,10H2,1-2H3,(H,18,19)/t12-/m0/s1. The van der Waals surface area contributed by atoms with Crippen molar-refractivity contribution in [2.75, 3.05) is 19.0 Å². The first kappa shape index (κ1) is 14.5.